The normalized spacial score (nSPS) is 11.7. The van der Waals surface area contributed by atoms with Crippen LogP contribution in [-0.2, 0) is 15.8 Å². The van der Waals surface area contributed by atoms with Crippen molar-refractivity contribution in [3.05, 3.63) is 70.5 Å². The van der Waals surface area contributed by atoms with Gasteiger partial charge in [-0.2, -0.15) is 0 Å². The first kappa shape index (κ1) is 21.7. The largest absolute Gasteiger partial charge is 0.321 e. The molecule has 0 aliphatic carbocycles. The molecule has 30 heavy (non-hydrogen) atoms. The van der Waals surface area contributed by atoms with Crippen molar-refractivity contribution < 1.29 is 13.2 Å². The number of anilines is 1. The maximum Gasteiger partial charge on any atom is 0.278 e. The zero-order chi connectivity index (χ0) is 22.1. The highest BCUT2D eigenvalue weighted by Gasteiger charge is 2.19. The number of hydrogen-bond acceptors (Lipinski definition) is 5. The maximum absolute atomic E-state index is 12.8. The molecule has 0 aliphatic heterocycles. The number of rotatable bonds is 6. The first-order valence-corrected chi connectivity index (χ1v) is 11.0. The second-order valence-electron chi connectivity index (χ2n) is 7.47. The lowest BCUT2D eigenvalue weighted by atomic mass is 10.1. The molecule has 0 spiro atoms. The van der Waals surface area contributed by atoms with Crippen LogP contribution >= 0.6 is 0 Å². The average molecular weight is 428 g/mol. The van der Waals surface area contributed by atoms with E-state index in [1.54, 1.807) is 35.9 Å². The van der Waals surface area contributed by atoms with Crippen LogP contribution in [0.5, 0.6) is 0 Å². The highest BCUT2D eigenvalue weighted by Crippen LogP contribution is 2.18. The van der Waals surface area contributed by atoms with E-state index in [2.05, 4.69) is 21.7 Å². The SMILES string of the molecule is Cc1cc(C)cc(-n2nnc(C(=O)Nc3cccc(CS(=O)(=O)N(C)C)c3)c2C)c1. The lowest BCUT2D eigenvalue weighted by Crippen LogP contribution is -2.23. The van der Waals surface area contributed by atoms with Crippen LogP contribution in [0, 0.1) is 20.8 Å². The van der Waals surface area contributed by atoms with Crippen LogP contribution < -0.4 is 5.32 Å². The predicted molar refractivity (Wildman–Crippen MR) is 116 cm³/mol. The van der Waals surface area contributed by atoms with E-state index in [4.69, 9.17) is 0 Å². The van der Waals surface area contributed by atoms with Crippen molar-refractivity contribution >= 4 is 21.6 Å². The molecule has 0 aliphatic rings. The van der Waals surface area contributed by atoms with Gasteiger partial charge >= 0.3 is 0 Å². The quantitative estimate of drug-likeness (QED) is 0.652. The molecule has 0 radical (unpaired) electrons. The molecule has 9 heteroatoms. The molecule has 0 fully saturated rings. The van der Waals surface area contributed by atoms with E-state index < -0.39 is 15.9 Å². The van der Waals surface area contributed by atoms with Crippen LogP contribution in [0.3, 0.4) is 0 Å². The first-order chi connectivity index (χ1) is 14.1. The van der Waals surface area contributed by atoms with Gasteiger partial charge in [-0.3, -0.25) is 4.79 Å². The van der Waals surface area contributed by atoms with Gasteiger partial charge < -0.3 is 5.32 Å². The van der Waals surface area contributed by atoms with Gasteiger partial charge in [-0.15, -0.1) is 5.10 Å². The Bertz CT molecular complexity index is 1180. The summed E-state index contributed by atoms with van der Waals surface area (Å²) in [4.78, 5) is 12.8. The molecule has 1 heterocycles. The molecule has 1 N–H and O–H groups in total. The molecular formula is C21H25N5O3S. The summed E-state index contributed by atoms with van der Waals surface area (Å²) in [5.74, 6) is -0.554. The van der Waals surface area contributed by atoms with Crippen LogP contribution in [0.25, 0.3) is 5.69 Å². The van der Waals surface area contributed by atoms with E-state index in [9.17, 15) is 13.2 Å². The van der Waals surface area contributed by atoms with E-state index in [-0.39, 0.29) is 11.4 Å². The first-order valence-electron chi connectivity index (χ1n) is 9.38. The number of aryl methyl sites for hydroxylation is 2. The standard InChI is InChI=1S/C21H25N5O3S/c1-14-9-15(2)11-19(10-14)26-16(3)20(23-24-26)21(27)22-18-8-6-7-17(12-18)13-30(28,29)25(4)5/h6-12H,13H2,1-5H3,(H,22,27). The lowest BCUT2D eigenvalue weighted by molar-refractivity contribution is 0.102. The third-order valence-electron chi connectivity index (χ3n) is 4.65. The van der Waals surface area contributed by atoms with Crippen molar-refractivity contribution in [2.45, 2.75) is 26.5 Å². The van der Waals surface area contributed by atoms with Gasteiger partial charge in [0.2, 0.25) is 10.0 Å². The third kappa shape index (κ3) is 4.74. The Morgan fingerprint density at radius 2 is 1.73 bits per heavy atom. The number of amides is 1. The number of carbonyl (C=O) groups excluding carboxylic acids is 1. The Morgan fingerprint density at radius 3 is 2.37 bits per heavy atom. The topological polar surface area (TPSA) is 97.2 Å². The number of benzene rings is 2. The van der Waals surface area contributed by atoms with Gasteiger partial charge in [0.05, 0.1) is 17.1 Å². The van der Waals surface area contributed by atoms with Gasteiger partial charge in [0.25, 0.3) is 5.91 Å². The minimum atomic E-state index is -3.39. The fraction of sp³-hybridized carbons (Fsp3) is 0.286. The van der Waals surface area contributed by atoms with E-state index in [1.807, 2.05) is 26.0 Å². The molecule has 0 unspecified atom stereocenters. The van der Waals surface area contributed by atoms with Gasteiger partial charge in [-0.1, -0.05) is 23.4 Å². The van der Waals surface area contributed by atoms with Crippen molar-refractivity contribution in [1.82, 2.24) is 19.3 Å². The maximum atomic E-state index is 12.8. The van der Waals surface area contributed by atoms with Crippen molar-refractivity contribution in [3.8, 4) is 5.69 Å². The average Bonchev–Trinajstić information content (AvgIpc) is 3.02. The third-order valence-corrected chi connectivity index (χ3v) is 6.46. The summed E-state index contributed by atoms with van der Waals surface area (Å²) in [5.41, 5.74) is 4.92. The molecule has 3 aromatic rings. The molecule has 158 valence electrons. The number of hydrogen-bond donors (Lipinski definition) is 1. The molecule has 0 atom stereocenters. The smallest absolute Gasteiger partial charge is 0.278 e. The summed E-state index contributed by atoms with van der Waals surface area (Å²) in [6, 6.07) is 12.8. The summed E-state index contributed by atoms with van der Waals surface area (Å²) in [5, 5.41) is 11.0. The molecule has 8 nitrogen and oxygen atoms in total. The van der Waals surface area contributed by atoms with Gasteiger partial charge in [0.1, 0.15) is 0 Å². The second-order valence-corrected chi connectivity index (χ2v) is 9.66. The Hall–Kier alpha value is -3.04. The molecule has 1 aromatic heterocycles. The zero-order valence-corrected chi connectivity index (χ0v) is 18.5. The monoisotopic (exact) mass is 427 g/mol. The van der Waals surface area contributed by atoms with E-state index in [0.717, 1.165) is 16.8 Å². The molecule has 0 saturated heterocycles. The van der Waals surface area contributed by atoms with Crippen LogP contribution in [0.15, 0.2) is 42.5 Å². The van der Waals surface area contributed by atoms with Crippen molar-refractivity contribution in [2.75, 3.05) is 19.4 Å². The van der Waals surface area contributed by atoms with Crippen LogP contribution in [0.1, 0.15) is 32.9 Å². The molecule has 0 bridgehead atoms. The minimum absolute atomic E-state index is 0.147. The Morgan fingerprint density at radius 1 is 1.07 bits per heavy atom. The Balaban J connectivity index is 1.82. The number of sulfonamides is 1. The summed E-state index contributed by atoms with van der Waals surface area (Å²) in [7, 11) is -0.417. The molecule has 3 rings (SSSR count). The number of carbonyl (C=O) groups is 1. The highest BCUT2D eigenvalue weighted by atomic mass is 32.2. The van der Waals surface area contributed by atoms with Crippen molar-refractivity contribution in [1.29, 1.82) is 0 Å². The van der Waals surface area contributed by atoms with E-state index in [0.29, 0.717) is 16.9 Å². The number of nitrogens with one attached hydrogen (secondary N) is 1. The summed E-state index contributed by atoms with van der Waals surface area (Å²) in [6.45, 7) is 5.78. The van der Waals surface area contributed by atoms with Crippen molar-refractivity contribution in [3.63, 3.8) is 0 Å². The molecular weight excluding hydrogens is 402 g/mol. The zero-order valence-electron chi connectivity index (χ0n) is 17.7. The Kier molecular flexibility index (Phi) is 6.04. The molecule has 0 saturated carbocycles. The number of aromatic nitrogens is 3. The van der Waals surface area contributed by atoms with Crippen LogP contribution in [-0.4, -0.2) is 47.7 Å². The van der Waals surface area contributed by atoms with Gasteiger partial charge in [0.15, 0.2) is 5.69 Å². The van der Waals surface area contributed by atoms with Crippen molar-refractivity contribution in [2.24, 2.45) is 0 Å². The highest BCUT2D eigenvalue weighted by molar-refractivity contribution is 7.88. The second kappa shape index (κ2) is 8.37. The fourth-order valence-corrected chi connectivity index (χ4v) is 3.99. The van der Waals surface area contributed by atoms with E-state index >= 15 is 0 Å². The molecule has 1 amide bonds. The Labute approximate surface area is 176 Å². The summed E-state index contributed by atoms with van der Waals surface area (Å²) >= 11 is 0. The number of nitrogens with zero attached hydrogens (tertiary/aromatic N) is 4. The van der Waals surface area contributed by atoms with E-state index in [1.165, 1.54) is 18.4 Å². The summed E-state index contributed by atoms with van der Waals surface area (Å²) < 4.78 is 27.0. The van der Waals surface area contributed by atoms with Crippen LogP contribution in [0.2, 0.25) is 0 Å². The molecule has 2 aromatic carbocycles. The van der Waals surface area contributed by atoms with Gasteiger partial charge in [-0.05, 0) is 61.7 Å². The predicted octanol–water partition coefficient (Wildman–Crippen LogP) is 2.84. The minimum Gasteiger partial charge on any atom is -0.321 e. The van der Waals surface area contributed by atoms with Crippen LogP contribution in [0.4, 0.5) is 5.69 Å². The van der Waals surface area contributed by atoms with Gasteiger partial charge in [0, 0.05) is 19.8 Å². The van der Waals surface area contributed by atoms with Gasteiger partial charge in [-0.25, -0.2) is 17.4 Å². The fourth-order valence-electron chi connectivity index (χ4n) is 3.13. The lowest BCUT2D eigenvalue weighted by Gasteiger charge is -2.12. The summed E-state index contributed by atoms with van der Waals surface area (Å²) in [6.07, 6.45) is 0.